The van der Waals surface area contributed by atoms with Crippen molar-refractivity contribution in [3.8, 4) is 0 Å². The molecule has 2 rings (SSSR count). The molecule has 1 nitrogen and oxygen atoms in total. The van der Waals surface area contributed by atoms with Gasteiger partial charge in [-0.05, 0) is 29.0 Å². The molecule has 1 heterocycles. The van der Waals surface area contributed by atoms with E-state index in [-0.39, 0.29) is 0 Å². The monoisotopic (exact) mass is 196 g/mol. The molecule has 0 radical (unpaired) electrons. The summed E-state index contributed by atoms with van der Waals surface area (Å²) < 4.78 is 12.3. The summed E-state index contributed by atoms with van der Waals surface area (Å²) in [5.74, 6) is 0. The Morgan fingerprint density at radius 3 is 2.92 bits per heavy atom. The fourth-order valence-corrected chi connectivity index (χ4v) is 2.56. The first kappa shape index (κ1) is 7.95. The SMILES string of the molecule is CS(=O)c1ccc2ccsc2c1. The molecule has 1 aromatic carbocycles. The third-order valence-corrected chi connectivity index (χ3v) is 3.56. The van der Waals surface area contributed by atoms with Crippen molar-refractivity contribution < 1.29 is 4.21 Å². The lowest BCUT2D eigenvalue weighted by molar-refractivity contribution is 0.687. The summed E-state index contributed by atoms with van der Waals surface area (Å²) in [4.78, 5) is 0.907. The molecule has 0 amide bonds. The molecule has 0 aliphatic rings. The van der Waals surface area contributed by atoms with Crippen LogP contribution < -0.4 is 0 Å². The first-order valence-corrected chi connectivity index (χ1v) is 6.02. The second kappa shape index (κ2) is 2.99. The van der Waals surface area contributed by atoms with Gasteiger partial charge in [0.2, 0.25) is 0 Å². The zero-order valence-electron chi connectivity index (χ0n) is 6.61. The highest BCUT2D eigenvalue weighted by molar-refractivity contribution is 7.84. The topological polar surface area (TPSA) is 17.1 Å². The molecule has 0 bridgehead atoms. The van der Waals surface area contributed by atoms with Gasteiger partial charge < -0.3 is 0 Å². The number of thiophene rings is 1. The van der Waals surface area contributed by atoms with Crippen LogP contribution in [0.1, 0.15) is 0 Å². The van der Waals surface area contributed by atoms with Crippen molar-refractivity contribution in [1.29, 1.82) is 0 Å². The van der Waals surface area contributed by atoms with Gasteiger partial charge >= 0.3 is 0 Å². The van der Waals surface area contributed by atoms with Gasteiger partial charge in [0.15, 0.2) is 0 Å². The molecule has 1 unspecified atom stereocenters. The number of hydrogen-bond donors (Lipinski definition) is 0. The van der Waals surface area contributed by atoms with E-state index in [1.807, 2.05) is 23.6 Å². The lowest BCUT2D eigenvalue weighted by Gasteiger charge is -1.94. The Bertz CT molecular complexity index is 431. The molecule has 0 saturated carbocycles. The molecule has 0 aliphatic heterocycles. The van der Waals surface area contributed by atoms with E-state index in [1.165, 1.54) is 10.1 Å². The molecule has 1 atom stereocenters. The van der Waals surface area contributed by atoms with Gasteiger partial charge in [-0.3, -0.25) is 4.21 Å². The van der Waals surface area contributed by atoms with Crippen molar-refractivity contribution in [2.45, 2.75) is 4.90 Å². The lowest BCUT2D eigenvalue weighted by atomic mass is 10.3. The Hall–Kier alpha value is -0.670. The van der Waals surface area contributed by atoms with Gasteiger partial charge in [-0.25, -0.2) is 0 Å². The molecular weight excluding hydrogens is 188 g/mol. The maximum Gasteiger partial charge on any atom is 0.0498 e. The number of hydrogen-bond acceptors (Lipinski definition) is 2. The normalized spacial score (nSPS) is 13.4. The van der Waals surface area contributed by atoms with Crippen LogP contribution in [0.25, 0.3) is 10.1 Å². The minimum Gasteiger partial charge on any atom is -0.255 e. The van der Waals surface area contributed by atoms with Crippen molar-refractivity contribution in [3.63, 3.8) is 0 Å². The van der Waals surface area contributed by atoms with E-state index in [9.17, 15) is 4.21 Å². The van der Waals surface area contributed by atoms with Crippen LogP contribution in [-0.4, -0.2) is 10.5 Å². The van der Waals surface area contributed by atoms with Crippen molar-refractivity contribution >= 4 is 32.2 Å². The van der Waals surface area contributed by atoms with E-state index < -0.39 is 10.8 Å². The Kier molecular flexibility index (Phi) is 1.98. The Labute approximate surface area is 77.5 Å². The van der Waals surface area contributed by atoms with Crippen LogP contribution in [0.4, 0.5) is 0 Å². The third kappa shape index (κ3) is 1.30. The van der Waals surface area contributed by atoms with E-state index in [2.05, 4.69) is 6.07 Å². The molecule has 0 N–H and O–H groups in total. The predicted molar refractivity (Wildman–Crippen MR) is 54.2 cm³/mol. The summed E-state index contributed by atoms with van der Waals surface area (Å²) in [5.41, 5.74) is 0. The first-order valence-electron chi connectivity index (χ1n) is 3.58. The maximum absolute atomic E-state index is 11.1. The molecule has 12 heavy (non-hydrogen) atoms. The van der Waals surface area contributed by atoms with Gasteiger partial charge in [-0.2, -0.15) is 0 Å². The van der Waals surface area contributed by atoms with Crippen molar-refractivity contribution in [3.05, 3.63) is 29.6 Å². The van der Waals surface area contributed by atoms with Crippen LogP contribution in [0.5, 0.6) is 0 Å². The van der Waals surface area contributed by atoms with Crippen LogP contribution in [-0.2, 0) is 10.8 Å². The van der Waals surface area contributed by atoms with Gasteiger partial charge in [0.05, 0.1) is 0 Å². The molecule has 0 aliphatic carbocycles. The summed E-state index contributed by atoms with van der Waals surface area (Å²) in [7, 11) is -0.862. The highest BCUT2D eigenvalue weighted by Gasteiger charge is 1.99. The lowest BCUT2D eigenvalue weighted by Crippen LogP contribution is -1.84. The Balaban J connectivity index is 2.68. The van der Waals surface area contributed by atoms with E-state index >= 15 is 0 Å². The maximum atomic E-state index is 11.1. The number of benzene rings is 1. The second-order valence-electron chi connectivity index (χ2n) is 2.57. The van der Waals surface area contributed by atoms with Gasteiger partial charge in [-0.1, -0.05) is 6.07 Å². The van der Waals surface area contributed by atoms with Crippen LogP contribution >= 0.6 is 11.3 Å². The average Bonchev–Trinajstić information content (AvgIpc) is 2.49. The molecule has 0 saturated heterocycles. The van der Waals surface area contributed by atoms with Gasteiger partial charge in [0, 0.05) is 26.7 Å². The molecule has 0 fully saturated rings. The fourth-order valence-electron chi connectivity index (χ4n) is 1.11. The van der Waals surface area contributed by atoms with Crippen LogP contribution in [0.15, 0.2) is 34.5 Å². The van der Waals surface area contributed by atoms with Crippen molar-refractivity contribution in [1.82, 2.24) is 0 Å². The molecule has 2 aromatic rings. The molecular formula is C9H8OS2. The van der Waals surface area contributed by atoms with Gasteiger partial charge in [0.25, 0.3) is 0 Å². The number of fused-ring (bicyclic) bond motifs is 1. The quantitative estimate of drug-likeness (QED) is 0.685. The minimum absolute atomic E-state index is 0.862. The van der Waals surface area contributed by atoms with Crippen molar-refractivity contribution in [2.24, 2.45) is 0 Å². The number of rotatable bonds is 1. The zero-order chi connectivity index (χ0) is 8.55. The largest absolute Gasteiger partial charge is 0.255 e. The highest BCUT2D eigenvalue weighted by Crippen LogP contribution is 2.22. The predicted octanol–water partition coefficient (Wildman–Crippen LogP) is 2.64. The Morgan fingerprint density at radius 1 is 1.33 bits per heavy atom. The van der Waals surface area contributed by atoms with Gasteiger partial charge in [0.1, 0.15) is 0 Å². The second-order valence-corrected chi connectivity index (χ2v) is 4.90. The third-order valence-electron chi connectivity index (χ3n) is 1.76. The van der Waals surface area contributed by atoms with Crippen LogP contribution in [0.3, 0.4) is 0 Å². The summed E-state index contributed by atoms with van der Waals surface area (Å²) >= 11 is 1.68. The smallest absolute Gasteiger partial charge is 0.0498 e. The first-order chi connectivity index (χ1) is 5.77. The summed E-state index contributed by atoms with van der Waals surface area (Å²) in [5, 5.41) is 3.28. The summed E-state index contributed by atoms with van der Waals surface area (Å²) in [6.45, 7) is 0. The zero-order valence-corrected chi connectivity index (χ0v) is 8.24. The van der Waals surface area contributed by atoms with E-state index in [4.69, 9.17) is 0 Å². The standard InChI is InChI=1S/C9H8OS2/c1-12(10)8-3-2-7-4-5-11-9(7)6-8/h2-6H,1H3. The van der Waals surface area contributed by atoms with E-state index in [0.717, 1.165) is 4.90 Å². The summed E-state index contributed by atoms with van der Waals surface area (Å²) in [6, 6.07) is 8.01. The molecule has 62 valence electrons. The molecule has 1 aromatic heterocycles. The summed E-state index contributed by atoms with van der Waals surface area (Å²) in [6.07, 6.45) is 1.70. The fraction of sp³-hybridized carbons (Fsp3) is 0.111. The van der Waals surface area contributed by atoms with Crippen LogP contribution in [0.2, 0.25) is 0 Å². The van der Waals surface area contributed by atoms with Gasteiger partial charge in [-0.15, -0.1) is 11.3 Å². The van der Waals surface area contributed by atoms with Crippen molar-refractivity contribution in [2.75, 3.05) is 6.26 Å². The highest BCUT2D eigenvalue weighted by atomic mass is 32.2. The van der Waals surface area contributed by atoms with E-state index in [1.54, 1.807) is 17.6 Å². The van der Waals surface area contributed by atoms with E-state index in [0.29, 0.717) is 0 Å². The van der Waals surface area contributed by atoms with Crippen LogP contribution in [0, 0.1) is 0 Å². The Morgan fingerprint density at radius 2 is 2.17 bits per heavy atom. The molecule has 3 heteroatoms. The molecule has 0 spiro atoms. The minimum atomic E-state index is -0.862. The average molecular weight is 196 g/mol.